The van der Waals surface area contributed by atoms with E-state index in [1.54, 1.807) is 4.57 Å². The van der Waals surface area contributed by atoms with Crippen LogP contribution in [-0.2, 0) is 17.8 Å². The van der Waals surface area contributed by atoms with Crippen molar-refractivity contribution in [3.8, 4) is 0 Å². The molecular weight excluding hydrogens is 320 g/mol. The Balaban J connectivity index is 1.74. The number of carbonyl (C=O) groups excluding carboxylic acids is 1. The van der Waals surface area contributed by atoms with E-state index in [0.717, 1.165) is 31.5 Å². The maximum atomic E-state index is 12.9. The van der Waals surface area contributed by atoms with Crippen molar-refractivity contribution in [2.75, 3.05) is 6.54 Å². The van der Waals surface area contributed by atoms with E-state index in [9.17, 15) is 9.59 Å². The maximum absolute atomic E-state index is 12.9. The zero-order chi connectivity index (χ0) is 17.1. The molecule has 0 bridgehead atoms. The molecule has 0 fully saturated rings. The van der Waals surface area contributed by atoms with E-state index in [1.807, 2.05) is 17.2 Å². The summed E-state index contributed by atoms with van der Waals surface area (Å²) in [7, 11) is 0. The second kappa shape index (κ2) is 7.34. The van der Waals surface area contributed by atoms with Crippen LogP contribution in [0, 0.1) is 6.92 Å². The molecule has 0 N–H and O–H groups in total. The first-order valence-corrected chi connectivity index (χ1v) is 9.52. The first-order valence-electron chi connectivity index (χ1n) is 8.64. The number of aromatic nitrogens is 1. The quantitative estimate of drug-likeness (QED) is 0.804. The normalized spacial score (nSPS) is 16.2. The molecule has 0 spiro atoms. The van der Waals surface area contributed by atoms with Gasteiger partial charge in [-0.2, -0.15) is 0 Å². The topological polar surface area (TPSA) is 42.3 Å². The number of nitrogens with zero attached hydrogens (tertiary/aromatic N) is 2. The van der Waals surface area contributed by atoms with E-state index >= 15 is 0 Å². The number of hydrogen-bond acceptors (Lipinski definition) is 3. The first kappa shape index (κ1) is 17.0. The van der Waals surface area contributed by atoms with Crippen molar-refractivity contribution < 1.29 is 4.79 Å². The fourth-order valence-electron chi connectivity index (χ4n) is 3.58. The van der Waals surface area contributed by atoms with Crippen molar-refractivity contribution in [1.82, 2.24) is 9.47 Å². The van der Waals surface area contributed by atoms with Crippen LogP contribution in [0.1, 0.15) is 49.0 Å². The number of benzene rings is 1. The van der Waals surface area contributed by atoms with Gasteiger partial charge in [-0.15, -0.1) is 0 Å². The third-order valence-corrected chi connectivity index (χ3v) is 5.67. The molecule has 1 aliphatic carbocycles. The van der Waals surface area contributed by atoms with Crippen LogP contribution in [0.25, 0.3) is 0 Å². The molecule has 0 saturated heterocycles. The summed E-state index contributed by atoms with van der Waals surface area (Å²) in [5.41, 5.74) is 3.59. The van der Waals surface area contributed by atoms with Crippen LogP contribution in [0.3, 0.4) is 0 Å². The van der Waals surface area contributed by atoms with E-state index in [-0.39, 0.29) is 16.8 Å². The van der Waals surface area contributed by atoms with Gasteiger partial charge in [0.2, 0.25) is 5.91 Å². The van der Waals surface area contributed by atoms with Crippen molar-refractivity contribution in [3.63, 3.8) is 0 Å². The van der Waals surface area contributed by atoms with E-state index in [2.05, 4.69) is 31.2 Å². The molecule has 0 aliphatic heterocycles. The summed E-state index contributed by atoms with van der Waals surface area (Å²) in [5, 5.41) is 1.85. The van der Waals surface area contributed by atoms with E-state index < -0.39 is 0 Å². The average molecular weight is 344 g/mol. The maximum Gasteiger partial charge on any atom is 0.307 e. The SMILES string of the molecule is CCCN(C(=O)CCn1c(C)csc1=O)[C@@H]1CCc2ccccc21. The summed E-state index contributed by atoms with van der Waals surface area (Å²) >= 11 is 1.20. The number of rotatable bonds is 6. The average Bonchev–Trinajstić information content (AvgIpc) is 3.14. The second-order valence-electron chi connectivity index (χ2n) is 6.39. The molecule has 1 atom stereocenters. The highest BCUT2D eigenvalue weighted by molar-refractivity contribution is 7.07. The molecule has 1 aliphatic rings. The number of hydrogen-bond donors (Lipinski definition) is 0. The van der Waals surface area contributed by atoms with Gasteiger partial charge in [-0.3, -0.25) is 9.59 Å². The molecule has 3 rings (SSSR count). The minimum absolute atomic E-state index is 0.0218. The van der Waals surface area contributed by atoms with E-state index in [0.29, 0.717) is 13.0 Å². The van der Waals surface area contributed by atoms with Crippen LogP contribution in [-0.4, -0.2) is 21.9 Å². The Kier molecular flexibility index (Phi) is 5.19. The molecule has 1 aromatic carbocycles. The highest BCUT2D eigenvalue weighted by atomic mass is 32.1. The van der Waals surface area contributed by atoms with Crippen LogP contribution >= 0.6 is 11.3 Å². The molecule has 1 heterocycles. The van der Waals surface area contributed by atoms with Crippen molar-refractivity contribution in [1.29, 1.82) is 0 Å². The summed E-state index contributed by atoms with van der Waals surface area (Å²) in [6, 6.07) is 8.63. The van der Waals surface area contributed by atoms with Crippen molar-refractivity contribution >= 4 is 17.2 Å². The Labute approximate surface area is 146 Å². The van der Waals surface area contributed by atoms with Crippen LogP contribution in [0.2, 0.25) is 0 Å². The summed E-state index contributed by atoms with van der Waals surface area (Å²) < 4.78 is 1.70. The highest BCUT2D eigenvalue weighted by Crippen LogP contribution is 2.36. The summed E-state index contributed by atoms with van der Waals surface area (Å²) in [6.07, 6.45) is 3.37. The Bertz CT molecular complexity index is 778. The summed E-state index contributed by atoms with van der Waals surface area (Å²) in [5.74, 6) is 0.149. The van der Waals surface area contributed by atoms with Gasteiger partial charge in [0.25, 0.3) is 0 Å². The van der Waals surface area contributed by atoms with Gasteiger partial charge < -0.3 is 9.47 Å². The standard InChI is InChI=1S/C19H24N2O2S/c1-3-11-21(17-9-8-15-6-4-5-7-16(15)17)18(22)10-12-20-14(2)13-24-19(20)23/h4-7,13,17H,3,8-12H2,1-2H3/t17-/m1/s1. The van der Waals surface area contributed by atoms with Crippen LogP contribution in [0.5, 0.6) is 0 Å². The van der Waals surface area contributed by atoms with E-state index in [4.69, 9.17) is 0 Å². The lowest BCUT2D eigenvalue weighted by Gasteiger charge is -2.30. The smallest absolute Gasteiger partial charge is 0.307 e. The van der Waals surface area contributed by atoms with Crippen molar-refractivity contribution in [3.05, 3.63) is 56.1 Å². The fraction of sp³-hybridized carbons (Fsp3) is 0.474. The van der Waals surface area contributed by atoms with Gasteiger partial charge in [-0.25, -0.2) is 0 Å². The van der Waals surface area contributed by atoms with Gasteiger partial charge in [-0.1, -0.05) is 42.5 Å². The van der Waals surface area contributed by atoms with Gasteiger partial charge in [0.05, 0.1) is 6.04 Å². The lowest BCUT2D eigenvalue weighted by molar-refractivity contribution is -0.134. The van der Waals surface area contributed by atoms with Gasteiger partial charge in [0.15, 0.2) is 0 Å². The Hall–Kier alpha value is -1.88. The number of carbonyl (C=O) groups is 1. The third kappa shape index (κ3) is 3.31. The molecule has 0 radical (unpaired) electrons. The zero-order valence-corrected chi connectivity index (χ0v) is 15.1. The number of amides is 1. The number of aryl methyl sites for hydroxylation is 2. The lowest BCUT2D eigenvalue weighted by Crippen LogP contribution is -2.35. The molecule has 4 nitrogen and oxygen atoms in total. The Morgan fingerprint density at radius 2 is 2.17 bits per heavy atom. The number of fused-ring (bicyclic) bond motifs is 1. The van der Waals surface area contributed by atoms with Gasteiger partial charge >= 0.3 is 4.87 Å². The van der Waals surface area contributed by atoms with Gasteiger partial charge in [0.1, 0.15) is 0 Å². The predicted octanol–water partition coefficient (Wildman–Crippen LogP) is 3.53. The molecule has 5 heteroatoms. The lowest BCUT2D eigenvalue weighted by atomic mass is 10.1. The van der Waals surface area contributed by atoms with Crippen LogP contribution in [0.15, 0.2) is 34.4 Å². The fourth-order valence-corrected chi connectivity index (χ4v) is 4.34. The molecular formula is C19H24N2O2S. The van der Waals surface area contributed by atoms with Crippen molar-refractivity contribution in [2.24, 2.45) is 0 Å². The van der Waals surface area contributed by atoms with Gasteiger partial charge in [-0.05, 0) is 37.3 Å². The Morgan fingerprint density at radius 3 is 2.88 bits per heavy atom. The molecule has 1 amide bonds. The predicted molar refractivity (Wildman–Crippen MR) is 97.4 cm³/mol. The Morgan fingerprint density at radius 1 is 1.38 bits per heavy atom. The highest BCUT2D eigenvalue weighted by Gasteiger charge is 2.30. The molecule has 1 aromatic heterocycles. The minimum atomic E-state index is 0.0218. The molecule has 2 aromatic rings. The number of thiazole rings is 1. The second-order valence-corrected chi connectivity index (χ2v) is 7.21. The molecule has 0 saturated carbocycles. The largest absolute Gasteiger partial charge is 0.336 e. The van der Waals surface area contributed by atoms with Gasteiger partial charge in [0, 0.05) is 30.6 Å². The molecule has 128 valence electrons. The first-order chi connectivity index (χ1) is 11.6. The van der Waals surface area contributed by atoms with Crippen LogP contribution in [0.4, 0.5) is 0 Å². The molecule has 0 unspecified atom stereocenters. The summed E-state index contributed by atoms with van der Waals surface area (Å²) in [4.78, 5) is 26.7. The van der Waals surface area contributed by atoms with E-state index in [1.165, 1.54) is 22.5 Å². The zero-order valence-electron chi connectivity index (χ0n) is 14.3. The minimum Gasteiger partial charge on any atom is -0.336 e. The summed E-state index contributed by atoms with van der Waals surface area (Å²) in [6.45, 7) is 5.27. The van der Waals surface area contributed by atoms with Crippen LogP contribution < -0.4 is 4.87 Å². The van der Waals surface area contributed by atoms with Crippen molar-refractivity contribution in [2.45, 2.75) is 52.1 Å². The third-order valence-electron chi connectivity index (χ3n) is 4.79. The monoisotopic (exact) mass is 344 g/mol. The molecule has 24 heavy (non-hydrogen) atoms.